The maximum Gasteiger partial charge on any atom is 0.191 e. The minimum absolute atomic E-state index is 0. The van der Waals surface area contributed by atoms with E-state index in [1.165, 1.54) is 37.9 Å². The van der Waals surface area contributed by atoms with Gasteiger partial charge in [0.15, 0.2) is 5.96 Å². The third kappa shape index (κ3) is 10.5. The molecule has 160 valence electrons. The van der Waals surface area contributed by atoms with Crippen LogP contribution in [0.4, 0.5) is 0 Å². The van der Waals surface area contributed by atoms with E-state index in [0.29, 0.717) is 6.54 Å². The highest BCUT2D eigenvalue weighted by Crippen LogP contribution is 2.12. The van der Waals surface area contributed by atoms with Crippen LogP contribution in [0, 0.1) is 0 Å². The first-order valence-electron chi connectivity index (χ1n) is 10.3. The number of methoxy groups -OCH3 is 1. The Bertz CT molecular complexity index is 534. The normalized spacial score (nSPS) is 15.0. The Balaban J connectivity index is 0.00000392. The van der Waals surface area contributed by atoms with Crippen LogP contribution < -0.4 is 15.4 Å². The summed E-state index contributed by atoms with van der Waals surface area (Å²) >= 11 is 0. The average molecular weight is 504 g/mol. The summed E-state index contributed by atoms with van der Waals surface area (Å²) in [5.41, 5.74) is 1.17. The maximum atomic E-state index is 5.41. The molecule has 0 saturated carbocycles. The fourth-order valence-electron chi connectivity index (χ4n) is 3.12. The lowest BCUT2D eigenvalue weighted by Crippen LogP contribution is -2.43. The number of ether oxygens (including phenoxy) is 2. The zero-order valence-electron chi connectivity index (χ0n) is 17.4. The van der Waals surface area contributed by atoms with E-state index in [1.807, 2.05) is 19.1 Å². The second-order valence-electron chi connectivity index (χ2n) is 6.82. The molecule has 1 fully saturated rings. The third-order valence-electron chi connectivity index (χ3n) is 4.71. The minimum Gasteiger partial charge on any atom is -0.497 e. The molecule has 0 aliphatic carbocycles. The molecule has 0 radical (unpaired) electrons. The van der Waals surface area contributed by atoms with E-state index >= 15 is 0 Å². The molecule has 1 aliphatic rings. The van der Waals surface area contributed by atoms with Gasteiger partial charge >= 0.3 is 0 Å². The maximum absolute atomic E-state index is 5.41. The molecule has 7 heteroatoms. The first kappa shape index (κ1) is 25.0. The first-order chi connectivity index (χ1) is 13.3. The second kappa shape index (κ2) is 15.8. The van der Waals surface area contributed by atoms with Crippen LogP contribution in [0.25, 0.3) is 0 Å². The van der Waals surface area contributed by atoms with Gasteiger partial charge in [0.25, 0.3) is 0 Å². The number of rotatable bonds is 11. The van der Waals surface area contributed by atoms with Crippen molar-refractivity contribution in [1.82, 2.24) is 15.5 Å². The summed E-state index contributed by atoms with van der Waals surface area (Å²) in [6.45, 7) is 9.52. The molecular formula is C21H37IN4O2. The molecule has 1 aromatic carbocycles. The zero-order valence-corrected chi connectivity index (χ0v) is 19.7. The van der Waals surface area contributed by atoms with Gasteiger partial charge in [-0.1, -0.05) is 18.6 Å². The van der Waals surface area contributed by atoms with E-state index in [9.17, 15) is 0 Å². The monoisotopic (exact) mass is 504 g/mol. The number of halogens is 1. The van der Waals surface area contributed by atoms with Gasteiger partial charge < -0.3 is 25.0 Å². The molecular weight excluding hydrogens is 467 g/mol. The van der Waals surface area contributed by atoms with Crippen molar-refractivity contribution in [3.63, 3.8) is 0 Å². The smallest absolute Gasteiger partial charge is 0.191 e. The van der Waals surface area contributed by atoms with Crippen molar-refractivity contribution in [2.75, 3.05) is 53.0 Å². The number of likely N-dealkylation sites (tertiary alicyclic amines) is 1. The Morgan fingerprint density at radius 3 is 2.46 bits per heavy atom. The Morgan fingerprint density at radius 1 is 1.07 bits per heavy atom. The standard InChI is InChI=1S/C21H36N4O2.HI/c1-3-27-17-7-12-22-21(23-13-16-25-14-5-4-6-15-25)24-18-19-8-10-20(26-2)11-9-19;/h8-11H,3-7,12-18H2,1-2H3,(H2,22,23,24);1H. The average Bonchev–Trinajstić information content (AvgIpc) is 2.72. The Morgan fingerprint density at radius 2 is 1.79 bits per heavy atom. The van der Waals surface area contributed by atoms with Crippen LogP contribution in [-0.2, 0) is 11.3 Å². The van der Waals surface area contributed by atoms with Crippen molar-refractivity contribution in [3.05, 3.63) is 29.8 Å². The molecule has 0 aromatic heterocycles. The number of hydrogen-bond acceptors (Lipinski definition) is 4. The molecule has 6 nitrogen and oxygen atoms in total. The Hall–Kier alpha value is -1.06. The lowest BCUT2D eigenvalue weighted by Gasteiger charge is -2.26. The van der Waals surface area contributed by atoms with Gasteiger partial charge in [0.2, 0.25) is 0 Å². The van der Waals surface area contributed by atoms with Gasteiger partial charge in [-0.15, -0.1) is 24.0 Å². The fraction of sp³-hybridized carbons (Fsp3) is 0.667. The van der Waals surface area contributed by atoms with Crippen LogP contribution in [0.15, 0.2) is 29.3 Å². The number of guanidine groups is 1. The van der Waals surface area contributed by atoms with Crippen LogP contribution in [0.1, 0.15) is 38.2 Å². The molecule has 0 bridgehead atoms. The molecule has 1 heterocycles. The highest BCUT2D eigenvalue weighted by Gasteiger charge is 2.09. The fourth-order valence-corrected chi connectivity index (χ4v) is 3.12. The van der Waals surface area contributed by atoms with E-state index in [1.54, 1.807) is 7.11 Å². The molecule has 2 rings (SSSR count). The number of aliphatic imine (C=N–C) groups is 1. The zero-order chi connectivity index (χ0) is 19.2. The van der Waals surface area contributed by atoms with Gasteiger partial charge in [0.1, 0.15) is 5.75 Å². The molecule has 1 aliphatic heterocycles. The van der Waals surface area contributed by atoms with Crippen molar-refractivity contribution >= 4 is 29.9 Å². The van der Waals surface area contributed by atoms with Crippen LogP contribution in [-0.4, -0.2) is 63.9 Å². The number of piperidine rings is 1. The predicted molar refractivity (Wildman–Crippen MR) is 127 cm³/mol. The molecule has 0 atom stereocenters. The summed E-state index contributed by atoms with van der Waals surface area (Å²) in [5, 5.41) is 6.91. The molecule has 1 aromatic rings. The largest absolute Gasteiger partial charge is 0.497 e. The van der Waals surface area contributed by atoms with E-state index < -0.39 is 0 Å². The first-order valence-corrected chi connectivity index (χ1v) is 10.3. The number of nitrogens with zero attached hydrogens (tertiary/aromatic N) is 2. The van der Waals surface area contributed by atoms with Crippen LogP contribution >= 0.6 is 24.0 Å². The third-order valence-corrected chi connectivity index (χ3v) is 4.71. The lowest BCUT2D eigenvalue weighted by molar-refractivity contribution is 0.145. The quantitative estimate of drug-likeness (QED) is 0.210. The van der Waals surface area contributed by atoms with Crippen LogP contribution in [0.3, 0.4) is 0 Å². The van der Waals surface area contributed by atoms with Gasteiger partial charge in [-0.3, -0.25) is 0 Å². The highest BCUT2D eigenvalue weighted by atomic mass is 127. The number of nitrogens with one attached hydrogen (secondary N) is 2. The molecule has 0 amide bonds. The topological polar surface area (TPSA) is 58.1 Å². The van der Waals surface area contributed by atoms with Crippen molar-refractivity contribution in [1.29, 1.82) is 0 Å². The van der Waals surface area contributed by atoms with E-state index in [-0.39, 0.29) is 24.0 Å². The van der Waals surface area contributed by atoms with E-state index in [2.05, 4.69) is 27.7 Å². The summed E-state index contributed by atoms with van der Waals surface area (Å²) < 4.78 is 10.6. The van der Waals surface area contributed by atoms with Crippen molar-refractivity contribution in [3.8, 4) is 5.75 Å². The lowest BCUT2D eigenvalue weighted by atomic mass is 10.1. The van der Waals surface area contributed by atoms with Gasteiger partial charge in [0, 0.05) is 32.8 Å². The van der Waals surface area contributed by atoms with E-state index in [0.717, 1.165) is 51.0 Å². The number of hydrogen-bond donors (Lipinski definition) is 2. The Labute approximate surface area is 187 Å². The summed E-state index contributed by atoms with van der Waals surface area (Å²) in [6.07, 6.45) is 5.01. The predicted octanol–water partition coefficient (Wildman–Crippen LogP) is 3.26. The van der Waals surface area contributed by atoms with Gasteiger partial charge in [-0.2, -0.15) is 0 Å². The van der Waals surface area contributed by atoms with Crippen molar-refractivity contribution in [2.24, 2.45) is 4.99 Å². The molecule has 0 spiro atoms. The summed E-state index contributed by atoms with van der Waals surface area (Å²) in [7, 11) is 1.68. The Kier molecular flexibility index (Phi) is 14.1. The SMILES string of the molecule is CCOCCCNC(=NCc1ccc(OC)cc1)NCCN1CCCCC1.I. The minimum atomic E-state index is 0. The summed E-state index contributed by atoms with van der Waals surface area (Å²) in [5.74, 6) is 1.75. The van der Waals surface area contributed by atoms with Gasteiger partial charge in [-0.25, -0.2) is 4.99 Å². The second-order valence-corrected chi connectivity index (χ2v) is 6.82. The molecule has 2 N–H and O–H groups in total. The number of benzene rings is 1. The molecule has 0 unspecified atom stereocenters. The van der Waals surface area contributed by atoms with Crippen molar-refractivity contribution in [2.45, 2.75) is 39.2 Å². The van der Waals surface area contributed by atoms with Crippen LogP contribution in [0.5, 0.6) is 5.75 Å². The van der Waals surface area contributed by atoms with Crippen LogP contribution in [0.2, 0.25) is 0 Å². The van der Waals surface area contributed by atoms with Gasteiger partial charge in [-0.05, 0) is 57.0 Å². The van der Waals surface area contributed by atoms with Crippen molar-refractivity contribution < 1.29 is 9.47 Å². The molecule has 28 heavy (non-hydrogen) atoms. The van der Waals surface area contributed by atoms with Gasteiger partial charge in [0.05, 0.1) is 13.7 Å². The summed E-state index contributed by atoms with van der Waals surface area (Å²) in [6, 6.07) is 8.07. The molecule has 1 saturated heterocycles. The highest BCUT2D eigenvalue weighted by molar-refractivity contribution is 14.0. The summed E-state index contributed by atoms with van der Waals surface area (Å²) in [4.78, 5) is 7.28. The van der Waals surface area contributed by atoms with E-state index in [4.69, 9.17) is 14.5 Å².